The average molecular weight is 357 g/mol. The highest BCUT2D eigenvalue weighted by atomic mass is 16.5. The summed E-state index contributed by atoms with van der Waals surface area (Å²) in [5.74, 6) is -1.41. The molecular weight excluding hydrogens is 336 g/mol. The van der Waals surface area contributed by atoms with Gasteiger partial charge in [0.05, 0.1) is 18.2 Å². The van der Waals surface area contributed by atoms with Crippen molar-refractivity contribution in [1.82, 2.24) is 5.32 Å². The molecule has 7 heteroatoms. The molecule has 0 fully saturated rings. The summed E-state index contributed by atoms with van der Waals surface area (Å²) in [4.78, 5) is 23.8. The maximum Gasteiger partial charge on any atom is 0.255 e. The Bertz CT molecular complexity index is 749. The second-order valence-corrected chi connectivity index (χ2v) is 5.61. The maximum absolute atomic E-state index is 12.7. The van der Waals surface area contributed by atoms with Gasteiger partial charge in [-0.3, -0.25) is 4.79 Å². The van der Waals surface area contributed by atoms with Crippen LogP contribution in [0.3, 0.4) is 0 Å². The fourth-order valence-electron chi connectivity index (χ4n) is 2.43. The third kappa shape index (κ3) is 5.49. The highest BCUT2D eigenvalue weighted by Gasteiger charge is 2.19. The smallest absolute Gasteiger partial charge is 0.255 e. The molecule has 0 aromatic heterocycles. The minimum absolute atomic E-state index is 0.223. The van der Waals surface area contributed by atoms with E-state index in [1.807, 2.05) is 0 Å². The van der Waals surface area contributed by atoms with Gasteiger partial charge in [0.2, 0.25) is 0 Å². The number of carboxylic acids is 1. The third-order valence-corrected chi connectivity index (χ3v) is 3.67. The molecule has 0 bridgehead atoms. The molecule has 2 rings (SSSR count). The van der Waals surface area contributed by atoms with Crippen LogP contribution in [-0.2, 0) is 9.53 Å². The first-order valence-electron chi connectivity index (χ1n) is 8.08. The van der Waals surface area contributed by atoms with E-state index in [1.54, 1.807) is 49.6 Å². The normalized spacial score (nSPS) is 11.6. The van der Waals surface area contributed by atoms with Gasteiger partial charge in [-0.25, -0.2) is 0 Å². The lowest BCUT2D eigenvalue weighted by Gasteiger charge is -2.21. The first-order valence-corrected chi connectivity index (χ1v) is 8.08. The largest absolute Gasteiger partial charge is 0.550 e. The molecule has 1 atom stereocenters. The molecule has 0 aliphatic rings. The zero-order valence-electron chi connectivity index (χ0n) is 14.4. The predicted molar refractivity (Wildman–Crippen MR) is 94.5 cm³/mol. The Kier molecular flexibility index (Phi) is 6.99. The lowest BCUT2D eigenvalue weighted by Crippen LogP contribution is -2.34. The van der Waals surface area contributed by atoms with Crippen LogP contribution < -0.4 is 20.9 Å². The Morgan fingerprint density at radius 1 is 1.15 bits per heavy atom. The van der Waals surface area contributed by atoms with E-state index in [0.717, 1.165) is 0 Å². The van der Waals surface area contributed by atoms with Crippen molar-refractivity contribution in [3.8, 4) is 5.75 Å². The predicted octanol–water partition coefficient (Wildman–Crippen LogP) is 0.905. The van der Waals surface area contributed by atoms with Crippen LogP contribution in [-0.4, -0.2) is 32.2 Å². The van der Waals surface area contributed by atoms with E-state index in [4.69, 9.17) is 15.2 Å². The van der Waals surface area contributed by atoms with Crippen LogP contribution in [0, 0.1) is 0 Å². The molecule has 26 heavy (non-hydrogen) atoms. The molecule has 0 heterocycles. The SMILES string of the molecule is COCCOc1ccc(N)cc1C(=O)NC(CC(=O)[O-])c1ccccc1. The first-order chi connectivity index (χ1) is 12.5. The second-order valence-electron chi connectivity index (χ2n) is 5.61. The molecule has 0 aliphatic heterocycles. The van der Waals surface area contributed by atoms with E-state index < -0.39 is 17.9 Å². The topological polar surface area (TPSA) is 114 Å². The number of benzene rings is 2. The fraction of sp³-hybridized carbons (Fsp3) is 0.263. The number of anilines is 1. The molecule has 0 saturated carbocycles. The van der Waals surface area contributed by atoms with Crippen molar-refractivity contribution in [1.29, 1.82) is 0 Å². The summed E-state index contributed by atoms with van der Waals surface area (Å²) < 4.78 is 10.5. The summed E-state index contributed by atoms with van der Waals surface area (Å²) in [6, 6.07) is 12.8. The van der Waals surface area contributed by atoms with Crippen LogP contribution in [0.25, 0.3) is 0 Å². The molecule has 7 nitrogen and oxygen atoms in total. The molecule has 1 unspecified atom stereocenters. The lowest BCUT2D eigenvalue weighted by molar-refractivity contribution is -0.306. The van der Waals surface area contributed by atoms with Crippen LogP contribution in [0.15, 0.2) is 48.5 Å². The molecule has 0 spiro atoms. The summed E-state index contributed by atoms with van der Waals surface area (Å²) in [5, 5.41) is 13.8. The summed E-state index contributed by atoms with van der Waals surface area (Å²) in [6.07, 6.45) is -0.349. The number of carbonyl (C=O) groups is 2. The van der Waals surface area contributed by atoms with Crippen molar-refractivity contribution in [2.24, 2.45) is 0 Å². The van der Waals surface area contributed by atoms with Crippen molar-refractivity contribution in [3.63, 3.8) is 0 Å². The molecular formula is C19H21N2O5-. The van der Waals surface area contributed by atoms with Gasteiger partial charge < -0.3 is 30.4 Å². The van der Waals surface area contributed by atoms with Gasteiger partial charge in [-0.05, 0) is 23.8 Å². The highest BCUT2D eigenvalue weighted by Crippen LogP contribution is 2.24. The van der Waals surface area contributed by atoms with Gasteiger partial charge in [0.25, 0.3) is 5.91 Å². The summed E-state index contributed by atoms with van der Waals surface area (Å²) in [7, 11) is 1.55. The Labute approximate surface area is 151 Å². The van der Waals surface area contributed by atoms with Crippen LogP contribution >= 0.6 is 0 Å². The van der Waals surface area contributed by atoms with Crippen LogP contribution in [0.1, 0.15) is 28.4 Å². The minimum Gasteiger partial charge on any atom is -0.550 e. The standard InChI is InChI=1S/C19H22N2O5/c1-25-9-10-26-17-8-7-14(20)11-15(17)19(24)21-16(12-18(22)23)13-5-3-2-4-6-13/h2-8,11,16H,9-10,12,20H2,1H3,(H,21,24)(H,22,23)/p-1. The van der Waals surface area contributed by atoms with Crippen molar-refractivity contribution < 1.29 is 24.2 Å². The van der Waals surface area contributed by atoms with Crippen molar-refractivity contribution >= 4 is 17.6 Å². The van der Waals surface area contributed by atoms with E-state index in [9.17, 15) is 14.7 Å². The van der Waals surface area contributed by atoms with Crippen LogP contribution in [0.2, 0.25) is 0 Å². The number of nitrogens with two attached hydrogens (primary N) is 1. The molecule has 2 aromatic rings. The molecule has 3 N–H and O–H groups in total. The van der Waals surface area contributed by atoms with Crippen LogP contribution in [0.5, 0.6) is 5.75 Å². The lowest BCUT2D eigenvalue weighted by atomic mass is 10.0. The second kappa shape index (κ2) is 9.43. The quantitative estimate of drug-likeness (QED) is 0.509. The Morgan fingerprint density at radius 3 is 2.54 bits per heavy atom. The number of nitrogens with one attached hydrogen (secondary N) is 1. The Morgan fingerprint density at radius 2 is 1.88 bits per heavy atom. The van der Waals surface area contributed by atoms with Gasteiger partial charge in [0.15, 0.2) is 0 Å². The van der Waals surface area contributed by atoms with E-state index >= 15 is 0 Å². The van der Waals surface area contributed by atoms with Gasteiger partial charge in [-0.15, -0.1) is 0 Å². The van der Waals surface area contributed by atoms with Gasteiger partial charge in [-0.2, -0.15) is 0 Å². The number of carbonyl (C=O) groups excluding carboxylic acids is 2. The summed E-state index contributed by atoms with van der Waals surface area (Å²) in [5.41, 5.74) is 7.06. The van der Waals surface area contributed by atoms with Gasteiger partial charge >= 0.3 is 0 Å². The molecule has 0 aliphatic carbocycles. The summed E-state index contributed by atoms with van der Waals surface area (Å²) >= 11 is 0. The van der Waals surface area contributed by atoms with Gasteiger partial charge in [0.1, 0.15) is 12.4 Å². The Hall–Kier alpha value is -3.06. The van der Waals surface area contributed by atoms with E-state index in [2.05, 4.69) is 5.32 Å². The zero-order chi connectivity index (χ0) is 18.9. The third-order valence-electron chi connectivity index (χ3n) is 3.67. The minimum atomic E-state index is -1.26. The number of methoxy groups -OCH3 is 1. The number of rotatable bonds is 9. The van der Waals surface area contributed by atoms with Crippen LogP contribution in [0.4, 0.5) is 5.69 Å². The average Bonchev–Trinajstić information content (AvgIpc) is 2.63. The van der Waals surface area contributed by atoms with E-state index in [1.165, 1.54) is 6.07 Å². The molecule has 1 amide bonds. The van der Waals surface area contributed by atoms with Gasteiger partial charge in [-0.1, -0.05) is 30.3 Å². The monoisotopic (exact) mass is 357 g/mol. The number of hydrogen-bond donors (Lipinski definition) is 2. The van der Waals surface area contributed by atoms with Crippen molar-refractivity contribution in [2.45, 2.75) is 12.5 Å². The van der Waals surface area contributed by atoms with Crippen molar-refractivity contribution in [3.05, 3.63) is 59.7 Å². The number of aliphatic carboxylic acids is 1. The Balaban J connectivity index is 2.23. The molecule has 138 valence electrons. The van der Waals surface area contributed by atoms with Gasteiger partial charge in [0, 0.05) is 25.2 Å². The fourth-order valence-corrected chi connectivity index (χ4v) is 2.43. The molecule has 0 radical (unpaired) electrons. The number of carboxylic acid groups (broad SMARTS) is 1. The van der Waals surface area contributed by atoms with E-state index in [-0.39, 0.29) is 18.6 Å². The zero-order valence-corrected chi connectivity index (χ0v) is 14.4. The molecule has 0 saturated heterocycles. The maximum atomic E-state index is 12.7. The van der Waals surface area contributed by atoms with E-state index in [0.29, 0.717) is 23.6 Å². The first kappa shape index (κ1) is 19.3. The number of ether oxygens (including phenoxy) is 2. The summed E-state index contributed by atoms with van der Waals surface area (Å²) in [6.45, 7) is 0.630. The number of amides is 1. The number of hydrogen-bond acceptors (Lipinski definition) is 6. The number of nitrogen functional groups attached to an aromatic ring is 1. The highest BCUT2D eigenvalue weighted by molar-refractivity contribution is 5.98. The molecule has 2 aromatic carbocycles. The van der Waals surface area contributed by atoms with Crippen molar-refractivity contribution in [2.75, 3.05) is 26.1 Å².